The van der Waals surface area contributed by atoms with Crippen LogP contribution in [0.25, 0.3) is 16.9 Å². The molecule has 152 valence electrons. The Bertz CT molecular complexity index is 1170. The fourth-order valence-electron chi connectivity index (χ4n) is 2.81. The van der Waals surface area contributed by atoms with Gasteiger partial charge in [0.05, 0.1) is 11.6 Å². The molecule has 2 aromatic heterocycles. The van der Waals surface area contributed by atoms with Crippen molar-refractivity contribution in [1.82, 2.24) is 19.9 Å². The molecule has 2 aromatic carbocycles. The number of nitrogens with zero attached hydrogens (tertiary/aromatic N) is 5. The van der Waals surface area contributed by atoms with E-state index in [1.54, 1.807) is 24.3 Å². The van der Waals surface area contributed by atoms with Crippen LogP contribution in [0.2, 0.25) is 0 Å². The van der Waals surface area contributed by atoms with E-state index in [9.17, 15) is 10.0 Å². The molecule has 30 heavy (non-hydrogen) atoms. The minimum Gasteiger partial charge on any atom is -0.451 e. The summed E-state index contributed by atoms with van der Waals surface area (Å²) < 4.78 is 11.4. The molecule has 2 heterocycles. The SMILES string of the molecule is Cc1ccc(-n2nc(C(=O)OCc3c(-c4ccccc4)no[n+]3[O-])nc2CCl)cc1. The third kappa shape index (κ3) is 3.87. The summed E-state index contributed by atoms with van der Waals surface area (Å²) in [5, 5.41) is 19.9. The summed E-state index contributed by atoms with van der Waals surface area (Å²) in [6, 6.07) is 16.5. The molecule has 0 bridgehead atoms. The van der Waals surface area contributed by atoms with E-state index in [1.807, 2.05) is 37.3 Å². The quantitative estimate of drug-likeness (QED) is 0.265. The van der Waals surface area contributed by atoms with Crippen LogP contribution < -0.4 is 4.90 Å². The molecule has 0 aliphatic rings. The van der Waals surface area contributed by atoms with Crippen LogP contribution in [0.1, 0.15) is 27.7 Å². The number of benzene rings is 2. The second-order valence-corrected chi connectivity index (χ2v) is 6.67. The Morgan fingerprint density at radius 1 is 1.20 bits per heavy atom. The molecule has 0 radical (unpaired) electrons. The Balaban J connectivity index is 1.55. The van der Waals surface area contributed by atoms with Gasteiger partial charge in [0, 0.05) is 10.7 Å². The second kappa shape index (κ2) is 8.34. The van der Waals surface area contributed by atoms with Crippen molar-refractivity contribution >= 4 is 17.6 Å². The third-order valence-electron chi connectivity index (χ3n) is 4.34. The molecule has 0 N–H and O–H groups in total. The van der Waals surface area contributed by atoms with E-state index in [2.05, 4.69) is 19.9 Å². The van der Waals surface area contributed by atoms with Gasteiger partial charge in [-0.1, -0.05) is 48.0 Å². The average molecular weight is 426 g/mol. The number of halogens is 1. The number of alkyl halides is 1. The van der Waals surface area contributed by atoms with E-state index >= 15 is 0 Å². The number of carbonyl (C=O) groups is 1. The zero-order chi connectivity index (χ0) is 21.1. The van der Waals surface area contributed by atoms with Crippen LogP contribution in [0, 0.1) is 12.1 Å². The molecule has 9 nitrogen and oxygen atoms in total. The molecule has 0 saturated carbocycles. The molecule has 4 aromatic rings. The summed E-state index contributed by atoms with van der Waals surface area (Å²) in [7, 11) is 0. The van der Waals surface area contributed by atoms with E-state index in [-0.39, 0.29) is 34.6 Å². The molecule has 0 saturated heterocycles. The monoisotopic (exact) mass is 425 g/mol. The van der Waals surface area contributed by atoms with E-state index in [1.165, 1.54) is 4.68 Å². The maximum absolute atomic E-state index is 12.5. The van der Waals surface area contributed by atoms with Gasteiger partial charge in [0.15, 0.2) is 6.61 Å². The predicted octanol–water partition coefficient (Wildman–Crippen LogP) is 2.96. The fourth-order valence-corrected chi connectivity index (χ4v) is 2.98. The van der Waals surface area contributed by atoms with E-state index in [0.29, 0.717) is 17.1 Å². The van der Waals surface area contributed by atoms with Crippen LogP contribution in [0.5, 0.6) is 0 Å². The summed E-state index contributed by atoms with van der Waals surface area (Å²) in [4.78, 5) is 16.9. The van der Waals surface area contributed by atoms with Crippen molar-refractivity contribution in [2.75, 3.05) is 0 Å². The number of aromatic nitrogens is 5. The summed E-state index contributed by atoms with van der Waals surface area (Å²) in [6.07, 6.45) is 0. The highest BCUT2D eigenvalue weighted by Crippen LogP contribution is 2.20. The standard InChI is InChI=1S/C20H16ClN5O4/c1-13-7-9-15(10-8-13)25-17(11-21)22-19(23-25)20(27)29-12-16-18(24-30-26(16)28)14-5-3-2-4-6-14/h2-10H,11-12H2,1H3. The van der Waals surface area contributed by atoms with Gasteiger partial charge in [0.2, 0.25) is 5.69 Å². The Morgan fingerprint density at radius 3 is 2.63 bits per heavy atom. The normalized spacial score (nSPS) is 10.9. The zero-order valence-electron chi connectivity index (χ0n) is 15.9. The van der Waals surface area contributed by atoms with Gasteiger partial charge in [-0.25, -0.2) is 14.5 Å². The molecule has 4 rings (SSSR count). The number of aryl methyl sites for hydroxylation is 1. The molecular weight excluding hydrogens is 410 g/mol. The van der Waals surface area contributed by atoms with Crippen molar-refractivity contribution in [2.24, 2.45) is 0 Å². The molecule has 0 atom stereocenters. The number of hydrogen-bond acceptors (Lipinski definition) is 7. The summed E-state index contributed by atoms with van der Waals surface area (Å²) in [6.45, 7) is 1.61. The number of carbonyl (C=O) groups excluding carboxylic acids is 1. The van der Waals surface area contributed by atoms with Crippen LogP contribution in [0.3, 0.4) is 0 Å². The largest absolute Gasteiger partial charge is 0.451 e. The average Bonchev–Trinajstić information content (AvgIpc) is 3.37. The lowest BCUT2D eigenvalue weighted by Crippen LogP contribution is -2.29. The van der Waals surface area contributed by atoms with E-state index < -0.39 is 5.97 Å². The van der Waals surface area contributed by atoms with Crippen LogP contribution >= 0.6 is 11.6 Å². The molecule has 10 heteroatoms. The van der Waals surface area contributed by atoms with Gasteiger partial charge in [-0.2, -0.15) is 0 Å². The maximum Gasteiger partial charge on any atom is 0.378 e. The molecule has 0 aliphatic carbocycles. The van der Waals surface area contributed by atoms with E-state index in [4.69, 9.17) is 16.3 Å². The van der Waals surface area contributed by atoms with Crippen molar-refractivity contribution in [3.05, 3.63) is 82.7 Å². The fraction of sp³-hybridized carbons (Fsp3) is 0.150. The topological polar surface area (TPSA) is 110 Å². The number of hydrogen-bond donors (Lipinski definition) is 0. The van der Waals surface area contributed by atoms with Crippen molar-refractivity contribution in [1.29, 1.82) is 0 Å². The maximum atomic E-state index is 12.5. The first kappa shape index (κ1) is 19.6. The first-order valence-corrected chi connectivity index (χ1v) is 9.50. The Hall–Kier alpha value is -3.72. The first-order valence-electron chi connectivity index (χ1n) is 8.97. The van der Waals surface area contributed by atoms with Gasteiger partial charge in [-0.15, -0.1) is 16.7 Å². The molecular formula is C20H16ClN5O4. The predicted molar refractivity (Wildman–Crippen MR) is 106 cm³/mol. The summed E-state index contributed by atoms with van der Waals surface area (Å²) >= 11 is 5.96. The molecule has 0 amide bonds. The van der Waals surface area contributed by atoms with Gasteiger partial charge < -0.3 is 9.94 Å². The van der Waals surface area contributed by atoms with Crippen molar-refractivity contribution in [2.45, 2.75) is 19.4 Å². The lowest BCUT2D eigenvalue weighted by molar-refractivity contribution is -0.808. The Kier molecular flexibility index (Phi) is 5.44. The van der Waals surface area contributed by atoms with Crippen molar-refractivity contribution < 1.29 is 19.1 Å². The zero-order valence-corrected chi connectivity index (χ0v) is 16.6. The van der Waals surface area contributed by atoms with Gasteiger partial charge in [-0.3, -0.25) is 4.63 Å². The smallest absolute Gasteiger partial charge is 0.378 e. The second-order valence-electron chi connectivity index (χ2n) is 6.40. The third-order valence-corrected chi connectivity index (χ3v) is 4.58. The van der Waals surface area contributed by atoms with Gasteiger partial charge in [0.1, 0.15) is 5.82 Å². The minimum absolute atomic E-state index is 0.0541. The molecule has 0 unspecified atom stereocenters. The van der Waals surface area contributed by atoms with Crippen LogP contribution in [0.15, 0.2) is 59.2 Å². The first-order chi connectivity index (χ1) is 14.6. The van der Waals surface area contributed by atoms with E-state index in [0.717, 1.165) is 5.56 Å². The van der Waals surface area contributed by atoms with Gasteiger partial charge in [0.25, 0.3) is 11.5 Å². The number of ether oxygens (including phenoxy) is 1. The Labute approximate surface area is 176 Å². The van der Waals surface area contributed by atoms with Crippen LogP contribution in [-0.2, 0) is 17.2 Å². The minimum atomic E-state index is -0.799. The number of esters is 1. The van der Waals surface area contributed by atoms with Crippen LogP contribution in [-0.4, -0.2) is 25.9 Å². The van der Waals surface area contributed by atoms with Crippen molar-refractivity contribution in [3.8, 4) is 16.9 Å². The Morgan fingerprint density at radius 2 is 1.93 bits per heavy atom. The highest BCUT2D eigenvalue weighted by Gasteiger charge is 2.24. The lowest BCUT2D eigenvalue weighted by Gasteiger charge is -2.03. The summed E-state index contributed by atoms with van der Waals surface area (Å²) in [5.74, 6) is -0.520. The lowest BCUT2D eigenvalue weighted by atomic mass is 10.1. The van der Waals surface area contributed by atoms with Crippen molar-refractivity contribution in [3.63, 3.8) is 0 Å². The molecule has 0 fully saturated rings. The molecule has 0 spiro atoms. The highest BCUT2D eigenvalue weighted by atomic mass is 35.5. The molecule has 0 aliphatic heterocycles. The van der Waals surface area contributed by atoms with Crippen LogP contribution in [0.4, 0.5) is 0 Å². The number of rotatable bonds is 6. The van der Waals surface area contributed by atoms with Gasteiger partial charge >= 0.3 is 5.97 Å². The highest BCUT2D eigenvalue weighted by molar-refractivity contribution is 6.16. The van der Waals surface area contributed by atoms with Gasteiger partial charge in [-0.05, 0) is 24.0 Å². The summed E-state index contributed by atoms with van der Waals surface area (Å²) in [5.41, 5.74) is 2.81.